The van der Waals surface area contributed by atoms with E-state index in [0.29, 0.717) is 12.2 Å². The number of aromatic nitrogens is 3. The molecule has 0 bridgehead atoms. The molecular formula is C20H20N4O2. The summed E-state index contributed by atoms with van der Waals surface area (Å²) >= 11 is 0. The van der Waals surface area contributed by atoms with Crippen LogP contribution in [0.3, 0.4) is 0 Å². The minimum atomic E-state index is -0.305. The summed E-state index contributed by atoms with van der Waals surface area (Å²) in [4.78, 5) is 16.8. The van der Waals surface area contributed by atoms with Gasteiger partial charge >= 0.3 is 0 Å². The summed E-state index contributed by atoms with van der Waals surface area (Å²) in [6, 6.07) is 13.1. The number of nitrogens with zero attached hydrogens (tertiary/aromatic N) is 3. The van der Waals surface area contributed by atoms with Gasteiger partial charge in [-0.05, 0) is 36.2 Å². The first-order valence-electron chi connectivity index (χ1n) is 8.23. The monoisotopic (exact) mass is 348 g/mol. The SMILES string of the molecule is C=CCC(NC(=O)c1nn(-c2ccccc2)cc1OC)c1ccncc1. The lowest BCUT2D eigenvalue weighted by Crippen LogP contribution is -2.29. The first kappa shape index (κ1) is 17.4. The number of para-hydroxylation sites is 1. The van der Waals surface area contributed by atoms with E-state index in [9.17, 15) is 4.79 Å². The zero-order valence-electron chi connectivity index (χ0n) is 14.5. The van der Waals surface area contributed by atoms with Gasteiger partial charge in [0.2, 0.25) is 0 Å². The molecule has 2 aromatic heterocycles. The molecule has 0 spiro atoms. The van der Waals surface area contributed by atoms with Crippen molar-refractivity contribution in [2.75, 3.05) is 7.11 Å². The van der Waals surface area contributed by atoms with Crippen molar-refractivity contribution in [3.05, 3.63) is 85.0 Å². The van der Waals surface area contributed by atoms with Crippen LogP contribution in [0.5, 0.6) is 5.75 Å². The molecule has 0 fully saturated rings. The highest BCUT2D eigenvalue weighted by Gasteiger charge is 2.21. The number of pyridine rings is 1. The van der Waals surface area contributed by atoms with Crippen LogP contribution < -0.4 is 10.1 Å². The molecule has 1 amide bonds. The molecule has 3 aromatic rings. The zero-order valence-corrected chi connectivity index (χ0v) is 14.5. The van der Waals surface area contributed by atoms with Crippen molar-refractivity contribution in [3.8, 4) is 11.4 Å². The molecule has 1 aromatic carbocycles. The van der Waals surface area contributed by atoms with Crippen LogP contribution in [-0.4, -0.2) is 27.8 Å². The number of amides is 1. The van der Waals surface area contributed by atoms with E-state index in [1.165, 1.54) is 7.11 Å². The highest BCUT2D eigenvalue weighted by atomic mass is 16.5. The van der Waals surface area contributed by atoms with E-state index >= 15 is 0 Å². The molecule has 0 aliphatic heterocycles. The van der Waals surface area contributed by atoms with E-state index in [-0.39, 0.29) is 17.6 Å². The number of hydrogen-bond donors (Lipinski definition) is 1. The summed E-state index contributed by atoms with van der Waals surface area (Å²) in [6.07, 6.45) is 7.45. The number of nitrogens with one attached hydrogen (secondary N) is 1. The Bertz CT molecular complexity index is 875. The van der Waals surface area contributed by atoms with E-state index < -0.39 is 0 Å². The van der Waals surface area contributed by atoms with Crippen LogP contribution in [0.2, 0.25) is 0 Å². The maximum atomic E-state index is 12.8. The van der Waals surface area contributed by atoms with E-state index in [1.807, 2.05) is 42.5 Å². The fourth-order valence-corrected chi connectivity index (χ4v) is 2.65. The lowest BCUT2D eigenvalue weighted by Gasteiger charge is -2.17. The van der Waals surface area contributed by atoms with E-state index in [2.05, 4.69) is 22.0 Å². The average Bonchev–Trinajstić information content (AvgIpc) is 3.13. The van der Waals surface area contributed by atoms with Gasteiger partial charge in [0.1, 0.15) is 0 Å². The molecule has 132 valence electrons. The van der Waals surface area contributed by atoms with Gasteiger partial charge in [-0.25, -0.2) is 4.68 Å². The van der Waals surface area contributed by atoms with Crippen molar-refractivity contribution in [2.24, 2.45) is 0 Å². The van der Waals surface area contributed by atoms with E-state index in [0.717, 1.165) is 11.3 Å². The smallest absolute Gasteiger partial charge is 0.276 e. The number of ether oxygens (including phenoxy) is 1. The molecule has 0 saturated carbocycles. The van der Waals surface area contributed by atoms with Crippen molar-refractivity contribution in [1.29, 1.82) is 0 Å². The second-order valence-electron chi connectivity index (χ2n) is 5.66. The number of carbonyl (C=O) groups is 1. The largest absolute Gasteiger partial charge is 0.493 e. The second-order valence-corrected chi connectivity index (χ2v) is 5.66. The van der Waals surface area contributed by atoms with E-state index in [4.69, 9.17) is 4.74 Å². The number of benzene rings is 1. The van der Waals surface area contributed by atoms with E-state index in [1.54, 1.807) is 29.3 Å². The van der Waals surface area contributed by atoms with Crippen LogP contribution in [0.25, 0.3) is 5.69 Å². The van der Waals surface area contributed by atoms with Gasteiger partial charge in [0.15, 0.2) is 11.4 Å². The molecule has 0 aliphatic carbocycles. The van der Waals surface area contributed by atoms with Crippen LogP contribution in [-0.2, 0) is 0 Å². The average molecular weight is 348 g/mol. The number of methoxy groups -OCH3 is 1. The van der Waals surface area contributed by atoms with Crippen molar-refractivity contribution < 1.29 is 9.53 Å². The standard InChI is InChI=1S/C20H20N4O2/c1-3-7-17(15-10-12-21-13-11-15)22-20(25)19-18(26-2)14-24(23-19)16-8-5-4-6-9-16/h3-6,8-14,17H,1,7H2,2H3,(H,22,25). The van der Waals surface area contributed by atoms with Crippen LogP contribution in [0.4, 0.5) is 0 Å². The summed E-state index contributed by atoms with van der Waals surface area (Å²) in [5.74, 6) is 0.110. The van der Waals surface area contributed by atoms with Crippen molar-refractivity contribution in [1.82, 2.24) is 20.1 Å². The Labute approximate surface area is 152 Å². The van der Waals surface area contributed by atoms with Crippen LogP contribution in [0.1, 0.15) is 28.5 Å². The van der Waals surface area contributed by atoms with Gasteiger partial charge in [0, 0.05) is 12.4 Å². The number of hydrogen-bond acceptors (Lipinski definition) is 4. The molecule has 6 nitrogen and oxygen atoms in total. The molecule has 3 rings (SSSR count). The quantitative estimate of drug-likeness (QED) is 0.665. The molecule has 1 N–H and O–H groups in total. The molecule has 26 heavy (non-hydrogen) atoms. The predicted molar refractivity (Wildman–Crippen MR) is 99.4 cm³/mol. The van der Waals surface area contributed by atoms with Gasteiger partial charge in [-0.3, -0.25) is 9.78 Å². The lowest BCUT2D eigenvalue weighted by molar-refractivity contribution is 0.0928. The van der Waals surface area contributed by atoms with Crippen molar-refractivity contribution >= 4 is 5.91 Å². The molecule has 0 aliphatic rings. The summed E-state index contributed by atoms with van der Waals surface area (Å²) in [6.45, 7) is 3.77. The van der Waals surface area contributed by atoms with Gasteiger partial charge < -0.3 is 10.1 Å². The Kier molecular flexibility index (Phi) is 5.43. The first-order valence-corrected chi connectivity index (χ1v) is 8.23. The van der Waals surface area contributed by atoms with Crippen LogP contribution >= 0.6 is 0 Å². The summed E-state index contributed by atoms with van der Waals surface area (Å²) in [5, 5.41) is 7.40. The van der Waals surface area contributed by atoms with Crippen molar-refractivity contribution in [3.63, 3.8) is 0 Å². The molecule has 2 heterocycles. The molecule has 6 heteroatoms. The first-order chi connectivity index (χ1) is 12.7. The normalized spacial score (nSPS) is 11.6. The van der Waals surface area contributed by atoms with Crippen LogP contribution in [0.15, 0.2) is 73.7 Å². The fourth-order valence-electron chi connectivity index (χ4n) is 2.65. The Balaban J connectivity index is 1.86. The summed E-state index contributed by atoms with van der Waals surface area (Å²) in [7, 11) is 1.52. The number of carbonyl (C=O) groups excluding carboxylic acids is 1. The lowest BCUT2D eigenvalue weighted by atomic mass is 10.1. The Morgan fingerprint density at radius 2 is 2.00 bits per heavy atom. The topological polar surface area (TPSA) is 69.0 Å². The maximum Gasteiger partial charge on any atom is 0.276 e. The zero-order chi connectivity index (χ0) is 18.4. The molecule has 0 saturated heterocycles. The minimum absolute atomic E-state index is 0.213. The van der Waals surface area contributed by atoms with Gasteiger partial charge in [0.25, 0.3) is 5.91 Å². The molecule has 1 unspecified atom stereocenters. The van der Waals surface area contributed by atoms with Gasteiger partial charge in [-0.15, -0.1) is 6.58 Å². The third kappa shape index (κ3) is 3.80. The second kappa shape index (κ2) is 8.11. The predicted octanol–water partition coefficient (Wildman–Crippen LogP) is 3.32. The molecule has 0 radical (unpaired) electrons. The maximum absolute atomic E-state index is 12.8. The third-order valence-corrected chi connectivity index (χ3v) is 3.95. The summed E-state index contributed by atoms with van der Waals surface area (Å²) < 4.78 is 6.97. The van der Waals surface area contributed by atoms with Crippen LogP contribution in [0, 0.1) is 0 Å². The van der Waals surface area contributed by atoms with Gasteiger partial charge in [-0.1, -0.05) is 24.3 Å². The highest BCUT2D eigenvalue weighted by Crippen LogP contribution is 2.22. The number of rotatable bonds is 7. The third-order valence-electron chi connectivity index (χ3n) is 3.95. The van der Waals surface area contributed by atoms with Gasteiger partial charge in [0.05, 0.1) is 25.0 Å². The van der Waals surface area contributed by atoms with Crippen molar-refractivity contribution in [2.45, 2.75) is 12.5 Å². The Hall–Kier alpha value is -3.41. The molecular weight excluding hydrogens is 328 g/mol. The Morgan fingerprint density at radius 3 is 2.65 bits per heavy atom. The fraction of sp³-hybridized carbons (Fsp3) is 0.150. The minimum Gasteiger partial charge on any atom is -0.493 e. The molecule has 1 atom stereocenters. The Morgan fingerprint density at radius 1 is 1.27 bits per heavy atom. The highest BCUT2D eigenvalue weighted by molar-refractivity contribution is 5.95. The van der Waals surface area contributed by atoms with Gasteiger partial charge in [-0.2, -0.15) is 5.10 Å². The summed E-state index contributed by atoms with van der Waals surface area (Å²) in [5.41, 5.74) is 2.04.